The van der Waals surface area contributed by atoms with E-state index in [1.807, 2.05) is 12.1 Å². The highest BCUT2D eigenvalue weighted by Gasteiger charge is 2.32. The van der Waals surface area contributed by atoms with Gasteiger partial charge < -0.3 is 9.72 Å². The summed E-state index contributed by atoms with van der Waals surface area (Å²) < 4.78 is 43.4. The van der Waals surface area contributed by atoms with Gasteiger partial charge in [-0.2, -0.15) is 23.3 Å². The van der Waals surface area contributed by atoms with Gasteiger partial charge in [0.1, 0.15) is 11.4 Å². The van der Waals surface area contributed by atoms with Gasteiger partial charge in [-0.25, -0.2) is 4.79 Å². The van der Waals surface area contributed by atoms with Crippen LogP contribution in [0.2, 0.25) is 0 Å². The normalized spacial score (nSPS) is 11.8. The number of halogens is 3. The van der Waals surface area contributed by atoms with E-state index in [0.717, 1.165) is 11.6 Å². The third-order valence-electron chi connectivity index (χ3n) is 3.55. The maximum atomic E-state index is 12.8. The quantitative estimate of drug-likeness (QED) is 0.745. The van der Waals surface area contributed by atoms with Crippen molar-refractivity contribution in [3.63, 3.8) is 0 Å². The summed E-state index contributed by atoms with van der Waals surface area (Å²) in [5.74, 6) is 0.692. The first-order valence-electron chi connectivity index (χ1n) is 7.41. The third kappa shape index (κ3) is 3.82. The summed E-state index contributed by atoms with van der Waals surface area (Å²) in [4.78, 5) is 16.5. The number of aromatic nitrogens is 4. The van der Waals surface area contributed by atoms with E-state index in [9.17, 15) is 18.0 Å². The number of methoxy groups -OCH3 is 1. The number of aromatic amines is 2. The first-order chi connectivity index (χ1) is 12.4. The Labute approximate surface area is 145 Å². The molecule has 6 nitrogen and oxygen atoms in total. The molecule has 2 heterocycles. The molecule has 26 heavy (non-hydrogen) atoms. The predicted octanol–water partition coefficient (Wildman–Crippen LogP) is 3.36. The molecule has 134 valence electrons. The number of benzene rings is 1. The van der Waals surface area contributed by atoms with Crippen LogP contribution < -0.4 is 10.4 Å². The topological polar surface area (TPSA) is 83.7 Å². The Kier molecular flexibility index (Phi) is 4.61. The number of nitrogens with one attached hydrogen (secondary N) is 2. The highest BCUT2D eigenvalue weighted by molar-refractivity contribution is 5.78. The first kappa shape index (κ1) is 17.5. The van der Waals surface area contributed by atoms with Gasteiger partial charge in [0.2, 0.25) is 0 Å². The zero-order valence-corrected chi connectivity index (χ0v) is 13.5. The molecule has 0 unspecified atom stereocenters. The zero-order valence-electron chi connectivity index (χ0n) is 13.5. The van der Waals surface area contributed by atoms with Crippen LogP contribution in [0.3, 0.4) is 0 Å². The minimum atomic E-state index is -4.66. The van der Waals surface area contributed by atoms with Gasteiger partial charge in [0.05, 0.1) is 24.7 Å². The number of nitrogens with zero attached hydrogens (tertiary/aromatic N) is 2. The molecule has 0 radical (unpaired) electrons. The van der Waals surface area contributed by atoms with Gasteiger partial charge in [0.15, 0.2) is 0 Å². The molecule has 3 rings (SSSR count). The maximum Gasteiger partial charge on any atom is 0.431 e. The Bertz CT molecular complexity index is 988. The molecule has 0 saturated heterocycles. The minimum absolute atomic E-state index is 0.108. The average molecular weight is 362 g/mol. The second-order valence-electron chi connectivity index (χ2n) is 5.28. The van der Waals surface area contributed by atoms with Gasteiger partial charge in [-0.15, -0.1) is 0 Å². The molecule has 3 aromatic rings. The molecule has 2 N–H and O–H groups in total. The third-order valence-corrected chi connectivity index (χ3v) is 3.55. The van der Waals surface area contributed by atoms with E-state index >= 15 is 0 Å². The molecule has 9 heteroatoms. The fourth-order valence-electron chi connectivity index (χ4n) is 2.30. The van der Waals surface area contributed by atoms with Gasteiger partial charge in [0.25, 0.3) is 0 Å². The van der Waals surface area contributed by atoms with Crippen LogP contribution in [0.25, 0.3) is 23.4 Å². The number of ether oxygens (including phenoxy) is 1. The molecule has 0 bridgehead atoms. The van der Waals surface area contributed by atoms with Crippen molar-refractivity contribution in [3.8, 4) is 17.0 Å². The van der Waals surface area contributed by atoms with Crippen LogP contribution in [0.5, 0.6) is 5.75 Å². The van der Waals surface area contributed by atoms with Gasteiger partial charge in [-0.05, 0) is 42.5 Å². The second-order valence-corrected chi connectivity index (χ2v) is 5.28. The van der Waals surface area contributed by atoms with Crippen molar-refractivity contribution in [2.24, 2.45) is 0 Å². The second kappa shape index (κ2) is 6.87. The molecular weight excluding hydrogens is 349 g/mol. The van der Waals surface area contributed by atoms with E-state index in [2.05, 4.69) is 15.2 Å². The molecule has 0 amide bonds. The molecule has 0 spiro atoms. The van der Waals surface area contributed by atoms with E-state index in [1.54, 1.807) is 24.2 Å². The van der Waals surface area contributed by atoms with Crippen molar-refractivity contribution in [2.75, 3.05) is 7.11 Å². The number of hydrogen-bond donors (Lipinski definition) is 2. The number of rotatable bonds is 4. The lowest BCUT2D eigenvalue weighted by atomic mass is 10.1. The average Bonchev–Trinajstić information content (AvgIpc) is 3.07. The SMILES string of the molecule is COc1ccc(-c2[nH]ncc2/C=C/c2cc(C(F)(F)F)[nH]c(=O)n2)cc1. The molecule has 0 atom stereocenters. The standard InChI is InChI=1S/C17H13F3N4O2/c1-26-13-6-3-10(4-7-13)15-11(9-21-24-15)2-5-12-8-14(17(18,19)20)23-16(25)22-12/h2-9H,1H3,(H,21,24)(H,22,23,25)/b5-2+. The fourth-order valence-corrected chi connectivity index (χ4v) is 2.30. The summed E-state index contributed by atoms with van der Waals surface area (Å²) in [6.07, 6.45) is -0.282. The monoisotopic (exact) mass is 362 g/mol. The van der Waals surface area contributed by atoms with Crippen molar-refractivity contribution in [2.45, 2.75) is 6.18 Å². The van der Waals surface area contributed by atoms with E-state index in [0.29, 0.717) is 17.0 Å². The summed E-state index contributed by atoms with van der Waals surface area (Å²) in [5.41, 5.74) is -0.210. The number of H-pyrrole nitrogens is 2. The van der Waals surface area contributed by atoms with Crippen LogP contribution in [-0.2, 0) is 6.18 Å². The van der Waals surface area contributed by atoms with Gasteiger partial charge >= 0.3 is 11.9 Å². The lowest BCUT2D eigenvalue weighted by Crippen LogP contribution is -2.19. The summed E-state index contributed by atoms with van der Waals surface area (Å²) in [5, 5.41) is 6.78. The van der Waals surface area contributed by atoms with Crippen LogP contribution in [-0.4, -0.2) is 27.3 Å². The van der Waals surface area contributed by atoms with Crippen LogP contribution in [0.4, 0.5) is 13.2 Å². The Hall–Kier alpha value is -3.36. The van der Waals surface area contributed by atoms with Gasteiger partial charge in [0, 0.05) is 11.1 Å². The lowest BCUT2D eigenvalue weighted by molar-refractivity contribution is -0.141. The van der Waals surface area contributed by atoms with Crippen LogP contribution in [0.15, 0.2) is 41.3 Å². The molecule has 0 aliphatic rings. The highest BCUT2D eigenvalue weighted by Crippen LogP contribution is 2.28. The molecule has 0 fully saturated rings. The predicted molar refractivity (Wildman–Crippen MR) is 89.4 cm³/mol. The zero-order chi connectivity index (χ0) is 18.7. The minimum Gasteiger partial charge on any atom is -0.497 e. The van der Waals surface area contributed by atoms with Crippen molar-refractivity contribution < 1.29 is 17.9 Å². The Morgan fingerprint density at radius 2 is 1.88 bits per heavy atom. The van der Waals surface area contributed by atoms with E-state index in [1.165, 1.54) is 18.3 Å². The lowest BCUT2D eigenvalue weighted by Gasteiger charge is -2.06. The fraction of sp³-hybridized carbons (Fsp3) is 0.118. The van der Waals surface area contributed by atoms with Crippen LogP contribution in [0.1, 0.15) is 17.0 Å². The summed E-state index contributed by atoms with van der Waals surface area (Å²) in [6, 6.07) is 7.95. The van der Waals surface area contributed by atoms with E-state index < -0.39 is 17.6 Å². The summed E-state index contributed by atoms with van der Waals surface area (Å²) in [6.45, 7) is 0. The van der Waals surface area contributed by atoms with Crippen LogP contribution in [0, 0.1) is 0 Å². The first-order valence-corrected chi connectivity index (χ1v) is 7.41. The van der Waals surface area contributed by atoms with Crippen LogP contribution >= 0.6 is 0 Å². The molecule has 0 aliphatic heterocycles. The largest absolute Gasteiger partial charge is 0.497 e. The van der Waals surface area contributed by atoms with Gasteiger partial charge in [-0.3, -0.25) is 5.10 Å². The molecule has 0 saturated carbocycles. The molecule has 1 aromatic carbocycles. The van der Waals surface area contributed by atoms with Crippen molar-refractivity contribution in [1.82, 2.24) is 20.2 Å². The Morgan fingerprint density at radius 3 is 2.54 bits per heavy atom. The summed E-state index contributed by atoms with van der Waals surface area (Å²) in [7, 11) is 1.56. The number of alkyl halides is 3. The molecule has 0 aliphatic carbocycles. The van der Waals surface area contributed by atoms with Crippen molar-refractivity contribution in [3.05, 3.63) is 64.0 Å². The molecular formula is C17H13F3N4O2. The van der Waals surface area contributed by atoms with Gasteiger partial charge in [-0.1, -0.05) is 0 Å². The van der Waals surface area contributed by atoms with E-state index in [-0.39, 0.29) is 5.69 Å². The Balaban J connectivity index is 1.92. The van der Waals surface area contributed by atoms with E-state index in [4.69, 9.17) is 4.74 Å². The Morgan fingerprint density at radius 1 is 1.15 bits per heavy atom. The van der Waals surface area contributed by atoms with Crippen molar-refractivity contribution >= 4 is 12.2 Å². The van der Waals surface area contributed by atoms with Crippen molar-refractivity contribution in [1.29, 1.82) is 0 Å². The highest BCUT2D eigenvalue weighted by atomic mass is 19.4. The molecule has 2 aromatic heterocycles. The summed E-state index contributed by atoms with van der Waals surface area (Å²) >= 11 is 0. The maximum absolute atomic E-state index is 12.8. The number of hydrogen-bond acceptors (Lipinski definition) is 4. The smallest absolute Gasteiger partial charge is 0.431 e.